The molecule has 4 heteroatoms. The number of aromatic nitrogens is 2. The van der Waals surface area contributed by atoms with Gasteiger partial charge in [-0.1, -0.05) is 119 Å². The number of anilines is 6. The number of aryl methyl sites for hydroxylation is 8. The Morgan fingerprint density at radius 1 is 0.306 bits per heavy atom. The minimum absolute atomic E-state index is 0.831. The highest BCUT2D eigenvalue weighted by Gasteiger charge is 2.18. The maximum Gasteiger partial charge on any atom is 0.0892 e. The third-order valence-corrected chi connectivity index (χ3v) is 11.4. The van der Waals surface area contributed by atoms with Crippen molar-refractivity contribution in [3.63, 3.8) is 0 Å². The van der Waals surface area contributed by atoms with Crippen molar-refractivity contribution in [1.82, 2.24) is 9.97 Å². The average molecular weight is 807 g/mol. The van der Waals surface area contributed by atoms with Crippen LogP contribution in [-0.4, -0.2) is 9.97 Å². The van der Waals surface area contributed by atoms with Crippen molar-refractivity contribution in [2.24, 2.45) is 0 Å². The van der Waals surface area contributed by atoms with Gasteiger partial charge in [-0.15, -0.1) is 0 Å². The van der Waals surface area contributed by atoms with Crippen LogP contribution in [-0.2, 0) is 0 Å². The predicted molar refractivity (Wildman–Crippen MR) is 265 cm³/mol. The van der Waals surface area contributed by atoms with Crippen molar-refractivity contribution >= 4 is 58.4 Å². The summed E-state index contributed by atoms with van der Waals surface area (Å²) in [7, 11) is 0. The summed E-state index contributed by atoms with van der Waals surface area (Å²) in [6.07, 6.45) is 12.3. The quantitative estimate of drug-likeness (QED) is 0.130. The molecule has 6 aromatic carbocycles. The van der Waals surface area contributed by atoms with Gasteiger partial charge in [-0.05, 0) is 173 Å². The molecular formula is C58H54N4. The first-order valence-electron chi connectivity index (χ1n) is 21.4. The summed E-state index contributed by atoms with van der Waals surface area (Å²) >= 11 is 0. The largest absolute Gasteiger partial charge is 0.310 e. The molecular weight excluding hydrogens is 753 g/mol. The second-order valence-electron chi connectivity index (χ2n) is 16.6. The standard InChI is InChI=1S/C58H54N4/c1-39-9-25-55(43(5)33-39)61(56-26-10-40(2)34-44(56)6)51-21-17-47(18-22-51)13-15-49-29-31-59-53(37-49)54-38-50(30-32-60-54)16-14-48-19-23-52(24-20-48)62(57-27-11-41(3)35-45(57)7)58-28-12-42(4)36-46(58)8/h9-38H,1-8H3/b15-13+,16-14+. The van der Waals surface area contributed by atoms with Crippen molar-refractivity contribution in [2.45, 2.75) is 55.4 Å². The SMILES string of the molecule is Cc1ccc(N(c2ccc(/C=C/c3ccnc(-c4cc(/C=C/c5ccc(N(c6ccc(C)cc6C)c6ccc(C)cc6C)cc5)ccn4)c3)cc2)c2ccc(C)cc2C)c(C)c1. The van der Waals surface area contributed by atoms with E-state index in [-0.39, 0.29) is 0 Å². The summed E-state index contributed by atoms with van der Waals surface area (Å²) in [6, 6.07) is 52.5. The molecule has 306 valence electrons. The molecule has 0 aliphatic carbocycles. The van der Waals surface area contributed by atoms with E-state index in [1.54, 1.807) is 0 Å². The van der Waals surface area contributed by atoms with Crippen LogP contribution in [0.1, 0.15) is 66.8 Å². The summed E-state index contributed by atoms with van der Waals surface area (Å²) < 4.78 is 0. The van der Waals surface area contributed by atoms with Gasteiger partial charge in [-0.2, -0.15) is 0 Å². The van der Waals surface area contributed by atoms with Gasteiger partial charge < -0.3 is 9.80 Å². The molecule has 0 N–H and O–H groups in total. The number of hydrogen-bond acceptors (Lipinski definition) is 4. The Morgan fingerprint density at radius 2 is 0.597 bits per heavy atom. The molecule has 0 saturated carbocycles. The first kappa shape index (κ1) is 41.4. The number of benzene rings is 6. The highest BCUT2D eigenvalue weighted by molar-refractivity contribution is 5.83. The maximum atomic E-state index is 4.70. The molecule has 0 radical (unpaired) electrons. The zero-order chi connectivity index (χ0) is 43.3. The predicted octanol–water partition coefficient (Wildman–Crippen LogP) is 15.9. The molecule has 0 fully saturated rings. The summed E-state index contributed by atoms with van der Waals surface area (Å²) in [5, 5.41) is 0. The molecule has 62 heavy (non-hydrogen) atoms. The number of nitrogens with zero attached hydrogens (tertiary/aromatic N) is 4. The topological polar surface area (TPSA) is 32.3 Å². The minimum Gasteiger partial charge on any atom is -0.310 e. The van der Waals surface area contributed by atoms with Crippen LogP contribution in [0.4, 0.5) is 34.1 Å². The molecule has 2 heterocycles. The van der Waals surface area contributed by atoms with Gasteiger partial charge in [0.25, 0.3) is 0 Å². The monoisotopic (exact) mass is 806 g/mol. The van der Waals surface area contributed by atoms with Crippen LogP contribution < -0.4 is 9.80 Å². The molecule has 0 spiro atoms. The van der Waals surface area contributed by atoms with E-state index in [1.807, 2.05) is 24.5 Å². The first-order chi connectivity index (χ1) is 30.0. The van der Waals surface area contributed by atoms with Gasteiger partial charge in [0.15, 0.2) is 0 Å². The van der Waals surface area contributed by atoms with Gasteiger partial charge in [0.1, 0.15) is 0 Å². The van der Waals surface area contributed by atoms with Gasteiger partial charge >= 0.3 is 0 Å². The fourth-order valence-corrected chi connectivity index (χ4v) is 8.28. The molecule has 0 amide bonds. The first-order valence-corrected chi connectivity index (χ1v) is 21.4. The van der Waals surface area contributed by atoms with Crippen LogP contribution >= 0.6 is 0 Å². The van der Waals surface area contributed by atoms with Crippen molar-refractivity contribution in [3.05, 3.63) is 225 Å². The summed E-state index contributed by atoms with van der Waals surface area (Å²) in [6.45, 7) is 17.3. The van der Waals surface area contributed by atoms with Gasteiger partial charge in [-0.3, -0.25) is 9.97 Å². The van der Waals surface area contributed by atoms with Crippen molar-refractivity contribution in [1.29, 1.82) is 0 Å². The molecule has 0 bridgehead atoms. The third-order valence-electron chi connectivity index (χ3n) is 11.4. The number of hydrogen-bond donors (Lipinski definition) is 0. The van der Waals surface area contributed by atoms with E-state index in [9.17, 15) is 0 Å². The smallest absolute Gasteiger partial charge is 0.0892 e. The normalized spacial score (nSPS) is 11.4. The van der Waals surface area contributed by atoms with Crippen LogP contribution in [0.2, 0.25) is 0 Å². The van der Waals surface area contributed by atoms with E-state index in [1.165, 1.54) is 67.3 Å². The fourth-order valence-electron chi connectivity index (χ4n) is 8.28. The molecule has 0 aliphatic rings. The Bertz CT molecular complexity index is 2630. The van der Waals surface area contributed by atoms with E-state index < -0.39 is 0 Å². The van der Waals surface area contributed by atoms with E-state index in [4.69, 9.17) is 9.97 Å². The second-order valence-corrected chi connectivity index (χ2v) is 16.6. The lowest BCUT2D eigenvalue weighted by Gasteiger charge is -2.29. The Hall–Kier alpha value is -7.30. The fraction of sp³-hybridized carbons (Fsp3) is 0.138. The van der Waals surface area contributed by atoms with Gasteiger partial charge in [0.2, 0.25) is 0 Å². The lowest BCUT2D eigenvalue weighted by atomic mass is 10.0. The Balaban J connectivity index is 0.989. The van der Waals surface area contributed by atoms with Gasteiger partial charge in [0, 0.05) is 46.5 Å². The summed E-state index contributed by atoms with van der Waals surface area (Å²) in [5.74, 6) is 0. The summed E-state index contributed by atoms with van der Waals surface area (Å²) in [5.41, 5.74) is 23.0. The van der Waals surface area contributed by atoms with E-state index in [0.29, 0.717) is 0 Å². The van der Waals surface area contributed by atoms with Gasteiger partial charge in [0.05, 0.1) is 11.4 Å². The molecule has 8 aromatic rings. The molecule has 2 aromatic heterocycles. The molecule has 4 nitrogen and oxygen atoms in total. The Morgan fingerprint density at radius 3 is 0.887 bits per heavy atom. The van der Waals surface area contributed by atoms with Crippen LogP contribution in [0.15, 0.2) is 158 Å². The van der Waals surface area contributed by atoms with Crippen LogP contribution in [0.25, 0.3) is 35.7 Å². The minimum atomic E-state index is 0.831. The van der Waals surface area contributed by atoms with Crippen LogP contribution in [0, 0.1) is 55.4 Å². The van der Waals surface area contributed by atoms with Crippen molar-refractivity contribution in [3.8, 4) is 11.4 Å². The number of pyridine rings is 2. The molecule has 8 rings (SSSR count). The molecule has 0 unspecified atom stereocenters. The number of rotatable bonds is 11. The zero-order valence-corrected chi connectivity index (χ0v) is 37.1. The van der Waals surface area contributed by atoms with E-state index in [2.05, 4.69) is 223 Å². The molecule has 0 aliphatic heterocycles. The average Bonchev–Trinajstić information content (AvgIpc) is 3.26. The molecule has 0 saturated heterocycles. The Kier molecular flexibility index (Phi) is 12.1. The van der Waals surface area contributed by atoms with Crippen molar-refractivity contribution < 1.29 is 0 Å². The summed E-state index contributed by atoms with van der Waals surface area (Å²) in [4.78, 5) is 14.1. The zero-order valence-electron chi connectivity index (χ0n) is 37.1. The van der Waals surface area contributed by atoms with Crippen molar-refractivity contribution in [2.75, 3.05) is 9.80 Å². The second kappa shape index (κ2) is 18.1. The highest BCUT2D eigenvalue weighted by atomic mass is 15.2. The van der Waals surface area contributed by atoms with Crippen LogP contribution in [0.3, 0.4) is 0 Å². The van der Waals surface area contributed by atoms with E-state index >= 15 is 0 Å². The lowest BCUT2D eigenvalue weighted by molar-refractivity contribution is 1.21. The molecule has 0 atom stereocenters. The van der Waals surface area contributed by atoms with E-state index in [0.717, 1.165) is 45.0 Å². The van der Waals surface area contributed by atoms with Gasteiger partial charge in [-0.25, -0.2) is 0 Å². The lowest BCUT2D eigenvalue weighted by Crippen LogP contribution is -2.12. The Labute approximate surface area is 368 Å². The third kappa shape index (κ3) is 9.36. The highest BCUT2D eigenvalue weighted by Crippen LogP contribution is 2.40. The maximum absolute atomic E-state index is 4.70. The van der Waals surface area contributed by atoms with Crippen LogP contribution in [0.5, 0.6) is 0 Å².